The molecule has 0 aromatic carbocycles. The minimum atomic E-state index is -0.786. The van der Waals surface area contributed by atoms with Gasteiger partial charge in [-0.25, -0.2) is 0 Å². The molecule has 0 aliphatic heterocycles. The number of hydrogen-bond acceptors (Lipinski definition) is 1. The maximum absolute atomic E-state index is 10.3. The first-order chi connectivity index (χ1) is 11.3. The quantitative estimate of drug-likeness (QED) is 0.216. The Kier molecular flexibility index (Phi) is 17.6. The Morgan fingerprint density at radius 3 is 1.57 bits per heavy atom. The van der Waals surface area contributed by atoms with Crippen molar-refractivity contribution in [3.63, 3.8) is 0 Å². The van der Waals surface area contributed by atoms with Gasteiger partial charge in [-0.3, -0.25) is 4.79 Å². The molecule has 0 aliphatic rings. The second kappa shape index (κ2) is 18.7. The van der Waals surface area contributed by atoms with Gasteiger partial charge in [-0.2, -0.15) is 0 Å². The smallest absolute Gasteiger partial charge is 0.307 e. The van der Waals surface area contributed by atoms with E-state index in [2.05, 4.69) is 64.5 Å². The third-order valence-electron chi connectivity index (χ3n) is 2.97. The molecule has 23 heavy (non-hydrogen) atoms. The van der Waals surface area contributed by atoms with Crippen LogP contribution in [0.15, 0.2) is 60.8 Å². The third kappa shape index (κ3) is 20.6. The molecule has 0 aromatic heterocycles. The molecule has 1 N–H and O–H groups in total. The predicted octanol–water partition coefficient (Wildman–Crippen LogP) is 6.37. The van der Waals surface area contributed by atoms with Crippen molar-refractivity contribution in [2.45, 2.75) is 51.4 Å². The van der Waals surface area contributed by atoms with Gasteiger partial charge in [0.2, 0.25) is 0 Å². The number of carbonyl (C=O) groups is 1. The first-order valence-electron chi connectivity index (χ1n) is 8.30. The fourth-order valence-electron chi connectivity index (χ4n) is 1.74. The number of aliphatic carboxylic acids is 1. The van der Waals surface area contributed by atoms with E-state index in [1.165, 1.54) is 19.3 Å². The number of halogens is 1. The minimum Gasteiger partial charge on any atom is -0.481 e. The fraction of sp³-hybridized carbons (Fsp3) is 0.450. The molecule has 0 fully saturated rings. The van der Waals surface area contributed by atoms with E-state index in [4.69, 9.17) is 5.11 Å². The van der Waals surface area contributed by atoms with Gasteiger partial charge in [0.05, 0.1) is 6.42 Å². The normalized spacial score (nSPS) is 12.7. The summed E-state index contributed by atoms with van der Waals surface area (Å²) in [6, 6.07) is 0. The summed E-state index contributed by atoms with van der Waals surface area (Å²) in [5.74, 6) is -0.786. The van der Waals surface area contributed by atoms with Gasteiger partial charge in [0.15, 0.2) is 0 Å². The summed E-state index contributed by atoms with van der Waals surface area (Å²) in [5.41, 5.74) is 0. The molecule has 0 spiro atoms. The van der Waals surface area contributed by atoms with Crippen molar-refractivity contribution in [3.8, 4) is 0 Å². The van der Waals surface area contributed by atoms with Gasteiger partial charge in [0.1, 0.15) is 0 Å². The van der Waals surface area contributed by atoms with Gasteiger partial charge in [-0.1, -0.05) is 76.7 Å². The molecule has 0 rings (SSSR count). The molecule has 0 saturated carbocycles. The molecule has 3 heteroatoms. The van der Waals surface area contributed by atoms with E-state index in [0.29, 0.717) is 0 Å². The van der Waals surface area contributed by atoms with Crippen molar-refractivity contribution in [1.29, 1.82) is 0 Å². The van der Waals surface area contributed by atoms with Crippen LogP contribution in [0.25, 0.3) is 0 Å². The first-order valence-corrected chi connectivity index (χ1v) is 9.42. The molecule has 2 nitrogen and oxygen atoms in total. The van der Waals surface area contributed by atoms with Gasteiger partial charge in [-0.05, 0) is 44.9 Å². The average molecular weight is 381 g/mol. The van der Waals surface area contributed by atoms with Gasteiger partial charge in [0, 0.05) is 5.33 Å². The van der Waals surface area contributed by atoms with Crippen LogP contribution in [0, 0.1) is 0 Å². The van der Waals surface area contributed by atoms with Crippen LogP contribution in [-0.2, 0) is 4.79 Å². The Morgan fingerprint density at radius 1 is 0.696 bits per heavy atom. The Morgan fingerprint density at radius 2 is 1.13 bits per heavy atom. The van der Waals surface area contributed by atoms with Gasteiger partial charge in [-0.15, -0.1) is 0 Å². The zero-order valence-corrected chi connectivity index (χ0v) is 15.5. The molecule has 0 unspecified atom stereocenters. The van der Waals surface area contributed by atoms with Crippen molar-refractivity contribution in [1.82, 2.24) is 0 Å². The predicted molar refractivity (Wildman–Crippen MR) is 104 cm³/mol. The van der Waals surface area contributed by atoms with E-state index in [-0.39, 0.29) is 6.42 Å². The van der Waals surface area contributed by atoms with Crippen molar-refractivity contribution in [3.05, 3.63) is 60.8 Å². The van der Waals surface area contributed by atoms with Crippen LogP contribution < -0.4 is 0 Å². The number of carboxylic acid groups (broad SMARTS) is 1. The molecule has 0 heterocycles. The molecule has 0 saturated heterocycles. The van der Waals surface area contributed by atoms with E-state index in [1.807, 2.05) is 6.08 Å². The second-order valence-corrected chi connectivity index (χ2v) is 5.88. The zero-order valence-electron chi connectivity index (χ0n) is 13.9. The van der Waals surface area contributed by atoms with Crippen LogP contribution in [0.1, 0.15) is 51.4 Å². The highest BCUT2D eigenvalue weighted by Gasteiger charge is 1.87. The highest BCUT2D eigenvalue weighted by atomic mass is 79.9. The standard InChI is InChI=1S/C20H29BrO2/c21-19-17-15-13-11-9-7-5-3-1-2-4-6-8-10-12-14-16-18-20(22)23/h2-5,8-11,14,16H,1,6-7,12-13,15,17-19H2,(H,22,23). The van der Waals surface area contributed by atoms with Crippen molar-refractivity contribution < 1.29 is 9.90 Å². The summed E-state index contributed by atoms with van der Waals surface area (Å²) in [5, 5.41) is 9.56. The van der Waals surface area contributed by atoms with Gasteiger partial charge < -0.3 is 5.11 Å². The second-order valence-electron chi connectivity index (χ2n) is 5.08. The van der Waals surface area contributed by atoms with Gasteiger partial charge >= 0.3 is 5.97 Å². The van der Waals surface area contributed by atoms with Gasteiger partial charge in [0.25, 0.3) is 0 Å². The Bertz CT molecular complexity index is 417. The lowest BCUT2D eigenvalue weighted by molar-refractivity contribution is -0.136. The molecule has 0 radical (unpaired) electrons. The lowest BCUT2D eigenvalue weighted by atomic mass is 10.2. The Hall–Kier alpha value is -1.35. The van der Waals surface area contributed by atoms with E-state index >= 15 is 0 Å². The fourth-order valence-corrected chi connectivity index (χ4v) is 2.14. The summed E-state index contributed by atoms with van der Waals surface area (Å²) < 4.78 is 0. The van der Waals surface area contributed by atoms with Crippen LogP contribution in [-0.4, -0.2) is 16.4 Å². The van der Waals surface area contributed by atoms with Crippen molar-refractivity contribution in [2.75, 3.05) is 5.33 Å². The van der Waals surface area contributed by atoms with Crippen LogP contribution in [0.5, 0.6) is 0 Å². The summed E-state index contributed by atoms with van der Waals surface area (Å²) in [7, 11) is 0. The highest BCUT2D eigenvalue weighted by molar-refractivity contribution is 9.09. The van der Waals surface area contributed by atoms with Crippen LogP contribution >= 0.6 is 15.9 Å². The highest BCUT2D eigenvalue weighted by Crippen LogP contribution is 2.00. The summed E-state index contributed by atoms with van der Waals surface area (Å²) in [4.78, 5) is 10.3. The lowest BCUT2D eigenvalue weighted by Crippen LogP contribution is -1.89. The molecule has 128 valence electrons. The van der Waals surface area contributed by atoms with Crippen LogP contribution in [0.2, 0.25) is 0 Å². The first kappa shape index (κ1) is 21.6. The number of alkyl halides is 1. The molecular formula is C20H29BrO2. The molecular weight excluding hydrogens is 352 g/mol. The molecule has 0 aliphatic carbocycles. The summed E-state index contributed by atoms with van der Waals surface area (Å²) in [6.07, 6.45) is 28.4. The Labute approximate surface area is 149 Å². The number of unbranched alkanes of at least 4 members (excludes halogenated alkanes) is 2. The topological polar surface area (TPSA) is 37.3 Å². The van der Waals surface area contributed by atoms with Crippen molar-refractivity contribution in [2.24, 2.45) is 0 Å². The number of hydrogen-bond donors (Lipinski definition) is 1. The molecule has 0 amide bonds. The Balaban J connectivity index is 3.47. The maximum Gasteiger partial charge on any atom is 0.307 e. The zero-order chi connectivity index (χ0) is 17.0. The van der Waals surface area contributed by atoms with E-state index < -0.39 is 5.97 Å². The minimum absolute atomic E-state index is 0.103. The molecule has 0 bridgehead atoms. The third-order valence-corrected chi connectivity index (χ3v) is 3.53. The summed E-state index contributed by atoms with van der Waals surface area (Å²) >= 11 is 3.43. The number of carboxylic acids is 1. The summed E-state index contributed by atoms with van der Waals surface area (Å²) in [6.45, 7) is 0. The number of rotatable bonds is 14. The van der Waals surface area contributed by atoms with Crippen LogP contribution in [0.4, 0.5) is 0 Å². The van der Waals surface area contributed by atoms with E-state index in [1.54, 1.807) is 6.08 Å². The number of allylic oxidation sites excluding steroid dienone is 9. The lowest BCUT2D eigenvalue weighted by Gasteiger charge is -1.90. The largest absolute Gasteiger partial charge is 0.481 e. The average Bonchev–Trinajstić information content (AvgIpc) is 2.53. The maximum atomic E-state index is 10.3. The van der Waals surface area contributed by atoms with Crippen molar-refractivity contribution >= 4 is 21.9 Å². The molecule has 0 aromatic rings. The van der Waals surface area contributed by atoms with Crippen LogP contribution in [0.3, 0.4) is 0 Å². The van der Waals surface area contributed by atoms with E-state index in [9.17, 15) is 4.79 Å². The molecule has 0 atom stereocenters. The SMILES string of the molecule is O=C(O)CC=CCC=CCC=CCC=CCC=CCCCCBr. The van der Waals surface area contributed by atoms with E-state index in [0.717, 1.165) is 31.0 Å². The monoisotopic (exact) mass is 380 g/mol.